The van der Waals surface area contributed by atoms with E-state index in [4.69, 9.17) is 0 Å². The Hall–Kier alpha value is -1.02. The number of hydrogen-bond acceptors (Lipinski definition) is 5. The highest BCUT2D eigenvalue weighted by Gasteiger charge is 2.19. The van der Waals surface area contributed by atoms with E-state index in [9.17, 15) is 22.4 Å². The predicted molar refractivity (Wildman–Crippen MR) is 39.3 cm³/mol. The molecule has 0 atom stereocenters. The van der Waals surface area contributed by atoms with Crippen molar-refractivity contribution in [3.05, 3.63) is 21.6 Å². The molecule has 1 aromatic heterocycles. The quantitative estimate of drug-likeness (QED) is 0.420. The first-order valence-electron chi connectivity index (χ1n) is 2.59. The third-order valence-electron chi connectivity index (χ3n) is 1.01. The van der Waals surface area contributed by atoms with Gasteiger partial charge in [-0.3, -0.25) is 10.1 Å². The fourth-order valence-corrected chi connectivity index (χ4v) is 1.98. The molecule has 8 heteroatoms. The highest BCUT2D eigenvalue weighted by molar-refractivity contribution is 7.88. The van der Waals surface area contributed by atoms with Crippen molar-refractivity contribution < 1.29 is 17.2 Å². The lowest BCUT2D eigenvalue weighted by Crippen LogP contribution is -1.87. The molecule has 1 rings (SSSR count). The zero-order valence-corrected chi connectivity index (χ0v) is 7.06. The molecule has 0 aliphatic heterocycles. The Balaban J connectivity index is 3.17. The van der Waals surface area contributed by atoms with Crippen LogP contribution in [0.4, 0.5) is 9.57 Å². The molecule has 0 saturated heterocycles. The Labute approximate surface area is 70.8 Å². The van der Waals surface area contributed by atoms with Crippen LogP contribution < -0.4 is 0 Å². The van der Waals surface area contributed by atoms with Crippen LogP contribution in [0.2, 0.25) is 0 Å². The van der Waals surface area contributed by atoms with Crippen molar-refractivity contribution in [2.75, 3.05) is 0 Å². The molecule has 5 nitrogen and oxygen atoms in total. The molecule has 12 heavy (non-hydrogen) atoms. The van der Waals surface area contributed by atoms with Gasteiger partial charge in [-0.1, -0.05) is 3.89 Å². The lowest BCUT2D eigenvalue weighted by molar-refractivity contribution is -0.384. The first-order chi connectivity index (χ1) is 5.41. The van der Waals surface area contributed by atoms with Crippen molar-refractivity contribution in [1.29, 1.82) is 0 Å². The Morgan fingerprint density at radius 2 is 2.17 bits per heavy atom. The van der Waals surface area contributed by atoms with Crippen molar-refractivity contribution >= 4 is 27.2 Å². The maximum absolute atomic E-state index is 12.2. The second-order valence-electron chi connectivity index (χ2n) is 1.82. The summed E-state index contributed by atoms with van der Waals surface area (Å²) in [6.07, 6.45) is 0. The van der Waals surface area contributed by atoms with Gasteiger partial charge in [0.25, 0.3) is 5.69 Å². The minimum Gasteiger partial charge on any atom is -0.258 e. The number of hydrogen-bond donors (Lipinski definition) is 0. The Kier molecular flexibility index (Phi) is 2.11. The van der Waals surface area contributed by atoms with Gasteiger partial charge in [0.2, 0.25) is 0 Å². The zero-order chi connectivity index (χ0) is 9.35. The summed E-state index contributed by atoms with van der Waals surface area (Å²) in [5, 5.41) is 11.0. The molecule has 0 fully saturated rings. The van der Waals surface area contributed by atoms with Gasteiger partial charge in [0, 0.05) is 6.07 Å². The monoisotopic (exact) mass is 211 g/mol. The van der Waals surface area contributed by atoms with Crippen LogP contribution in [0.5, 0.6) is 0 Å². The van der Waals surface area contributed by atoms with E-state index in [0.29, 0.717) is 17.4 Å². The molecule has 0 N–H and O–H groups in total. The van der Waals surface area contributed by atoms with Crippen LogP contribution >= 0.6 is 11.3 Å². The van der Waals surface area contributed by atoms with E-state index in [2.05, 4.69) is 0 Å². The number of halogens is 1. The van der Waals surface area contributed by atoms with Crippen LogP contribution in [0, 0.1) is 10.1 Å². The lowest BCUT2D eigenvalue weighted by Gasteiger charge is -1.82. The van der Waals surface area contributed by atoms with E-state index in [0.717, 1.165) is 5.38 Å². The molecule has 0 spiro atoms. The molecule has 0 amide bonds. The molecule has 0 unspecified atom stereocenters. The lowest BCUT2D eigenvalue weighted by atomic mass is 10.6. The van der Waals surface area contributed by atoms with Gasteiger partial charge in [-0.15, -0.1) is 11.3 Å². The summed E-state index contributed by atoms with van der Waals surface area (Å²) in [4.78, 5) is 9.25. The molecule has 0 radical (unpaired) electrons. The number of thiophene rings is 1. The largest absolute Gasteiger partial charge is 0.341 e. The summed E-state index contributed by atoms with van der Waals surface area (Å²) in [5.41, 5.74) is -0.420. The highest BCUT2D eigenvalue weighted by Crippen LogP contribution is 2.26. The van der Waals surface area contributed by atoms with Gasteiger partial charge in [-0.25, -0.2) is 0 Å². The molecule has 1 heterocycles. The van der Waals surface area contributed by atoms with Gasteiger partial charge in [-0.2, -0.15) is 8.42 Å². The maximum Gasteiger partial charge on any atom is 0.341 e. The van der Waals surface area contributed by atoms with Crippen molar-refractivity contribution in [2.24, 2.45) is 0 Å². The van der Waals surface area contributed by atoms with Gasteiger partial charge >= 0.3 is 10.2 Å². The molecule has 0 aliphatic rings. The van der Waals surface area contributed by atoms with Gasteiger partial charge in [0.05, 0.1) is 10.3 Å². The Morgan fingerprint density at radius 3 is 2.42 bits per heavy atom. The van der Waals surface area contributed by atoms with Gasteiger partial charge in [0.1, 0.15) is 0 Å². The van der Waals surface area contributed by atoms with Crippen LogP contribution in [0.3, 0.4) is 0 Å². The van der Waals surface area contributed by atoms with Gasteiger partial charge < -0.3 is 0 Å². The van der Waals surface area contributed by atoms with Crippen molar-refractivity contribution in [2.45, 2.75) is 4.21 Å². The summed E-state index contributed by atoms with van der Waals surface area (Å²) in [5.74, 6) is 0. The molecule has 66 valence electrons. The summed E-state index contributed by atoms with van der Waals surface area (Å²) >= 11 is 0.480. The van der Waals surface area contributed by atoms with Crippen LogP contribution in [-0.4, -0.2) is 13.3 Å². The fourth-order valence-electron chi connectivity index (χ4n) is 0.531. The van der Waals surface area contributed by atoms with Crippen molar-refractivity contribution in [3.63, 3.8) is 0 Å². The standard InChI is InChI=1S/C4H2FNO4S2/c5-12(9,10)4-1-3(2-11-4)6(7)8/h1-2H. The van der Waals surface area contributed by atoms with E-state index < -0.39 is 25.0 Å². The molecular weight excluding hydrogens is 209 g/mol. The van der Waals surface area contributed by atoms with Crippen LogP contribution in [0.1, 0.15) is 0 Å². The van der Waals surface area contributed by atoms with E-state index in [1.54, 1.807) is 0 Å². The molecule has 1 aromatic rings. The van der Waals surface area contributed by atoms with E-state index in [-0.39, 0.29) is 0 Å². The number of rotatable bonds is 2. The van der Waals surface area contributed by atoms with E-state index in [1.165, 1.54) is 0 Å². The SMILES string of the molecule is O=[N+]([O-])c1csc(S(=O)(=O)F)c1. The maximum atomic E-state index is 12.2. The molecule has 0 saturated carbocycles. The summed E-state index contributed by atoms with van der Waals surface area (Å²) in [6, 6.07) is 0.681. The minimum atomic E-state index is -4.80. The third kappa shape index (κ3) is 1.77. The van der Waals surface area contributed by atoms with Crippen LogP contribution in [0.15, 0.2) is 15.7 Å². The van der Waals surface area contributed by atoms with Crippen molar-refractivity contribution in [1.82, 2.24) is 0 Å². The molecule has 0 aromatic carbocycles. The normalized spacial score (nSPS) is 11.4. The summed E-state index contributed by atoms with van der Waals surface area (Å²) in [7, 11) is -4.80. The predicted octanol–water partition coefficient (Wildman–Crippen LogP) is 1.31. The molecule has 0 aliphatic carbocycles. The number of nitro groups is 1. The third-order valence-corrected chi connectivity index (χ3v) is 3.21. The van der Waals surface area contributed by atoms with Crippen LogP contribution in [-0.2, 0) is 10.2 Å². The van der Waals surface area contributed by atoms with Crippen molar-refractivity contribution in [3.8, 4) is 0 Å². The summed E-state index contributed by atoms with van der Waals surface area (Å²) in [6.45, 7) is 0. The van der Waals surface area contributed by atoms with Gasteiger partial charge in [-0.05, 0) is 0 Å². The second-order valence-corrected chi connectivity index (χ2v) is 4.30. The Morgan fingerprint density at radius 1 is 1.58 bits per heavy atom. The fraction of sp³-hybridized carbons (Fsp3) is 0. The van der Waals surface area contributed by atoms with Crippen LogP contribution in [0.25, 0.3) is 0 Å². The van der Waals surface area contributed by atoms with E-state index in [1.807, 2.05) is 0 Å². The number of nitrogens with zero attached hydrogens (tertiary/aromatic N) is 1. The highest BCUT2D eigenvalue weighted by atomic mass is 32.3. The smallest absolute Gasteiger partial charge is 0.258 e. The van der Waals surface area contributed by atoms with E-state index >= 15 is 0 Å². The second kappa shape index (κ2) is 2.79. The summed E-state index contributed by atoms with van der Waals surface area (Å²) < 4.78 is 31.9. The minimum absolute atomic E-state index is 0.420. The molecule has 0 bridgehead atoms. The first kappa shape index (κ1) is 9.07. The topological polar surface area (TPSA) is 77.3 Å². The van der Waals surface area contributed by atoms with Gasteiger partial charge in [0.15, 0.2) is 4.21 Å². The first-order valence-corrected chi connectivity index (χ1v) is 4.85. The average Bonchev–Trinajstić information content (AvgIpc) is 2.30. The molecular formula is C4H2FNO4S2. The average molecular weight is 211 g/mol. The zero-order valence-electron chi connectivity index (χ0n) is 5.43. The Bertz CT molecular complexity index is 408.